The highest BCUT2D eigenvalue weighted by molar-refractivity contribution is 6.04. The van der Waals surface area contributed by atoms with Gasteiger partial charge in [0.15, 0.2) is 0 Å². The van der Waals surface area contributed by atoms with E-state index in [4.69, 9.17) is 0 Å². The Kier molecular flexibility index (Phi) is 7.08. The summed E-state index contributed by atoms with van der Waals surface area (Å²) in [6.45, 7) is 5.73. The molecular weight excluding hydrogens is 410 g/mol. The highest BCUT2D eigenvalue weighted by Crippen LogP contribution is 2.26. The van der Waals surface area contributed by atoms with Gasteiger partial charge in [-0.2, -0.15) is 0 Å². The molecule has 5 heteroatoms. The minimum atomic E-state index is -0.198. The molecule has 0 spiro atoms. The fraction of sp³-hybridized carbons (Fsp3) is 0.286. The molecule has 1 saturated heterocycles. The molecule has 0 aliphatic carbocycles. The van der Waals surface area contributed by atoms with E-state index in [1.54, 1.807) is 12.1 Å². The summed E-state index contributed by atoms with van der Waals surface area (Å²) in [5.74, 6) is -0.280. The van der Waals surface area contributed by atoms with Crippen molar-refractivity contribution >= 4 is 23.2 Å². The van der Waals surface area contributed by atoms with Crippen LogP contribution in [0.5, 0.6) is 0 Å². The third-order valence-corrected chi connectivity index (χ3v) is 6.34. The van der Waals surface area contributed by atoms with E-state index in [1.807, 2.05) is 49.4 Å². The third-order valence-electron chi connectivity index (χ3n) is 6.34. The summed E-state index contributed by atoms with van der Waals surface area (Å²) in [6, 6.07) is 25.4. The van der Waals surface area contributed by atoms with Crippen LogP contribution in [-0.4, -0.2) is 24.9 Å². The van der Waals surface area contributed by atoms with Gasteiger partial charge in [0, 0.05) is 24.7 Å². The predicted molar refractivity (Wildman–Crippen MR) is 134 cm³/mol. The maximum absolute atomic E-state index is 13.0. The van der Waals surface area contributed by atoms with Crippen molar-refractivity contribution in [3.05, 3.63) is 95.6 Å². The standard InChI is InChI=1S/C28H31N3O2/c1-20-12-14-24(15-13-20)31-18-16-23(17-19-31)27(32)30-26-11-7-6-10-25(26)28(33)29-21(2)22-8-4-3-5-9-22/h3-15,21,23H,16-19H2,1-2H3,(H,29,33)(H,30,32)/t21-/m0/s1. The lowest BCUT2D eigenvalue weighted by Gasteiger charge is -2.33. The summed E-state index contributed by atoms with van der Waals surface area (Å²) >= 11 is 0. The van der Waals surface area contributed by atoms with Crippen molar-refractivity contribution in [1.82, 2.24) is 5.32 Å². The van der Waals surface area contributed by atoms with Gasteiger partial charge >= 0.3 is 0 Å². The zero-order valence-electron chi connectivity index (χ0n) is 19.3. The monoisotopic (exact) mass is 441 g/mol. The molecule has 2 amide bonds. The lowest BCUT2D eigenvalue weighted by atomic mass is 9.95. The van der Waals surface area contributed by atoms with E-state index in [1.165, 1.54) is 11.3 Å². The summed E-state index contributed by atoms with van der Waals surface area (Å²) in [5.41, 5.74) is 4.52. The highest BCUT2D eigenvalue weighted by atomic mass is 16.2. The summed E-state index contributed by atoms with van der Waals surface area (Å²) in [5, 5.41) is 6.05. The van der Waals surface area contributed by atoms with Crippen LogP contribution in [0.1, 0.15) is 47.3 Å². The molecule has 0 unspecified atom stereocenters. The number of aryl methyl sites for hydroxylation is 1. The third kappa shape index (κ3) is 5.61. The van der Waals surface area contributed by atoms with E-state index in [-0.39, 0.29) is 23.8 Å². The van der Waals surface area contributed by atoms with Crippen LogP contribution >= 0.6 is 0 Å². The van der Waals surface area contributed by atoms with Crippen molar-refractivity contribution in [2.75, 3.05) is 23.3 Å². The number of nitrogens with zero attached hydrogens (tertiary/aromatic N) is 1. The summed E-state index contributed by atoms with van der Waals surface area (Å²) in [4.78, 5) is 28.3. The average Bonchev–Trinajstić information content (AvgIpc) is 2.85. The molecule has 0 aromatic heterocycles. The highest BCUT2D eigenvalue weighted by Gasteiger charge is 2.26. The van der Waals surface area contributed by atoms with E-state index in [0.717, 1.165) is 31.5 Å². The fourth-order valence-corrected chi connectivity index (χ4v) is 4.28. The number of hydrogen-bond donors (Lipinski definition) is 2. The number of benzene rings is 3. The molecule has 1 aliphatic rings. The Morgan fingerprint density at radius 2 is 1.52 bits per heavy atom. The van der Waals surface area contributed by atoms with Crippen LogP contribution in [0.25, 0.3) is 0 Å². The topological polar surface area (TPSA) is 61.4 Å². The smallest absolute Gasteiger partial charge is 0.253 e. The van der Waals surface area contributed by atoms with E-state index < -0.39 is 0 Å². The van der Waals surface area contributed by atoms with Crippen molar-refractivity contribution in [1.29, 1.82) is 0 Å². The minimum absolute atomic E-state index is 0.0186. The first-order valence-corrected chi connectivity index (χ1v) is 11.6. The number of rotatable bonds is 6. The van der Waals surface area contributed by atoms with Crippen LogP contribution in [0.4, 0.5) is 11.4 Å². The van der Waals surface area contributed by atoms with Crippen LogP contribution in [0.3, 0.4) is 0 Å². The van der Waals surface area contributed by atoms with Crippen LogP contribution in [0.2, 0.25) is 0 Å². The summed E-state index contributed by atoms with van der Waals surface area (Å²) in [6.07, 6.45) is 1.58. The summed E-state index contributed by atoms with van der Waals surface area (Å²) in [7, 11) is 0. The second-order valence-corrected chi connectivity index (χ2v) is 8.74. The van der Waals surface area contributed by atoms with Gasteiger partial charge in [-0.15, -0.1) is 0 Å². The van der Waals surface area contributed by atoms with Gasteiger partial charge in [-0.3, -0.25) is 9.59 Å². The van der Waals surface area contributed by atoms with Gasteiger partial charge in [0.2, 0.25) is 5.91 Å². The Morgan fingerprint density at radius 3 is 2.21 bits per heavy atom. The number of amides is 2. The number of carbonyl (C=O) groups is 2. The molecule has 4 rings (SSSR count). The van der Waals surface area contributed by atoms with Gasteiger partial charge in [0.05, 0.1) is 17.3 Å². The van der Waals surface area contributed by atoms with E-state index in [9.17, 15) is 9.59 Å². The maximum Gasteiger partial charge on any atom is 0.253 e. The molecule has 1 aliphatic heterocycles. The van der Waals surface area contributed by atoms with Crippen LogP contribution in [-0.2, 0) is 4.79 Å². The van der Waals surface area contributed by atoms with E-state index in [0.29, 0.717) is 11.3 Å². The molecule has 170 valence electrons. The van der Waals surface area contributed by atoms with Crippen molar-refractivity contribution in [3.8, 4) is 0 Å². The van der Waals surface area contributed by atoms with Crippen molar-refractivity contribution in [2.45, 2.75) is 32.7 Å². The predicted octanol–water partition coefficient (Wildman–Crippen LogP) is 5.34. The molecule has 1 heterocycles. The molecule has 0 bridgehead atoms. The molecule has 3 aromatic carbocycles. The first kappa shape index (κ1) is 22.6. The largest absolute Gasteiger partial charge is 0.371 e. The van der Waals surface area contributed by atoms with Gasteiger partial charge in [-0.1, -0.05) is 60.2 Å². The normalized spacial score (nSPS) is 15.0. The zero-order valence-corrected chi connectivity index (χ0v) is 19.3. The van der Waals surface area contributed by atoms with E-state index >= 15 is 0 Å². The Labute approximate surface area is 195 Å². The lowest BCUT2D eigenvalue weighted by molar-refractivity contribution is -0.120. The van der Waals surface area contributed by atoms with Gasteiger partial charge in [-0.05, 0) is 56.5 Å². The maximum atomic E-state index is 13.0. The zero-order chi connectivity index (χ0) is 23.2. The van der Waals surface area contributed by atoms with Crippen LogP contribution in [0, 0.1) is 12.8 Å². The number of piperidine rings is 1. The van der Waals surface area contributed by atoms with Crippen molar-refractivity contribution < 1.29 is 9.59 Å². The number of nitrogens with one attached hydrogen (secondary N) is 2. The lowest BCUT2D eigenvalue weighted by Crippen LogP contribution is -2.38. The molecule has 1 atom stereocenters. The number of anilines is 2. The number of para-hydroxylation sites is 1. The first-order valence-electron chi connectivity index (χ1n) is 11.6. The molecule has 1 fully saturated rings. The van der Waals surface area contributed by atoms with Crippen LogP contribution in [0.15, 0.2) is 78.9 Å². The molecule has 3 aromatic rings. The minimum Gasteiger partial charge on any atom is -0.371 e. The second kappa shape index (κ2) is 10.3. The second-order valence-electron chi connectivity index (χ2n) is 8.74. The van der Waals surface area contributed by atoms with Gasteiger partial charge in [0.1, 0.15) is 0 Å². The Balaban J connectivity index is 1.37. The van der Waals surface area contributed by atoms with Gasteiger partial charge in [-0.25, -0.2) is 0 Å². The summed E-state index contributed by atoms with van der Waals surface area (Å²) < 4.78 is 0. The van der Waals surface area contributed by atoms with Gasteiger partial charge in [0.25, 0.3) is 5.91 Å². The molecule has 0 radical (unpaired) electrons. The van der Waals surface area contributed by atoms with E-state index in [2.05, 4.69) is 46.7 Å². The molecule has 33 heavy (non-hydrogen) atoms. The number of carbonyl (C=O) groups excluding carboxylic acids is 2. The molecule has 5 nitrogen and oxygen atoms in total. The first-order chi connectivity index (χ1) is 16.0. The Bertz CT molecular complexity index is 1090. The molecular formula is C28H31N3O2. The SMILES string of the molecule is Cc1ccc(N2CCC(C(=O)Nc3ccccc3C(=O)N[C@@H](C)c3ccccc3)CC2)cc1. The van der Waals surface area contributed by atoms with Crippen molar-refractivity contribution in [2.24, 2.45) is 5.92 Å². The van der Waals surface area contributed by atoms with Crippen LogP contribution < -0.4 is 15.5 Å². The Morgan fingerprint density at radius 1 is 0.879 bits per heavy atom. The number of hydrogen-bond acceptors (Lipinski definition) is 3. The quantitative estimate of drug-likeness (QED) is 0.543. The fourth-order valence-electron chi connectivity index (χ4n) is 4.28. The van der Waals surface area contributed by atoms with Crippen molar-refractivity contribution in [3.63, 3.8) is 0 Å². The molecule has 2 N–H and O–H groups in total. The average molecular weight is 442 g/mol. The van der Waals surface area contributed by atoms with Gasteiger partial charge < -0.3 is 15.5 Å². The molecule has 0 saturated carbocycles. The Hall–Kier alpha value is -3.60.